The molecule has 0 aliphatic rings. The van der Waals surface area contributed by atoms with Crippen molar-refractivity contribution in [3.63, 3.8) is 0 Å². The van der Waals surface area contributed by atoms with Crippen LogP contribution in [0.3, 0.4) is 0 Å². The minimum Gasteiger partial charge on any atom is -0.383 e. The van der Waals surface area contributed by atoms with Crippen molar-refractivity contribution >= 4 is 5.95 Å². The SMILES string of the molecule is CCCN(C)c1ncc(CNCCOC)cn1. The Labute approximate surface area is 103 Å². The molecule has 0 unspecified atom stereocenters. The van der Waals surface area contributed by atoms with E-state index in [0.29, 0.717) is 0 Å². The zero-order chi connectivity index (χ0) is 12.5. The highest BCUT2D eigenvalue weighted by Gasteiger charge is 2.02. The molecule has 1 N–H and O–H groups in total. The van der Waals surface area contributed by atoms with Crippen molar-refractivity contribution in [3.05, 3.63) is 18.0 Å². The lowest BCUT2D eigenvalue weighted by atomic mass is 10.3. The van der Waals surface area contributed by atoms with Crippen LogP contribution in [0.2, 0.25) is 0 Å². The zero-order valence-electron chi connectivity index (χ0n) is 10.9. The summed E-state index contributed by atoms with van der Waals surface area (Å²) in [5.41, 5.74) is 1.09. The van der Waals surface area contributed by atoms with Crippen molar-refractivity contribution in [2.75, 3.05) is 38.8 Å². The predicted octanol–water partition coefficient (Wildman–Crippen LogP) is 1.06. The molecular formula is C12H22N4O. The van der Waals surface area contributed by atoms with Crippen LogP contribution >= 0.6 is 0 Å². The van der Waals surface area contributed by atoms with Gasteiger partial charge in [0.2, 0.25) is 5.95 Å². The maximum atomic E-state index is 4.96. The average molecular weight is 238 g/mol. The highest BCUT2D eigenvalue weighted by atomic mass is 16.5. The first kappa shape index (κ1) is 13.9. The van der Waals surface area contributed by atoms with Crippen molar-refractivity contribution in [1.82, 2.24) is 15.3 Å². The summed E-state index contributed by atoms with van der Waals surface area (Å²) in [6, 6.07) is 0. The van der Waals surface area contributed by atoms with E-state index in [2.05, 4.69) is 27.1 Å². The molecule has 0 atom stereocenters. The summed E-state index contributed by atoms with van der Waals surface area (Å²) >= 11 is 0. The summed E-state index contributed by atoms with van der Waals surface area (Å²) in [7, 11) is 3.71. The van der Waals surface area contributed by atoms with Gasteiger partial charge in [-0.2, -0.15) is 0 Å². The minimum atomic E-state index is 0.720. The quantitative estimate of drug-likeness (QED) is 0.686. The Kier molecular flexibility index (Phi) is 6.50. The first-order chi connectivity index (χ1) is 8.27. The van der Waals surface area contributed by atoms with E-state index < -0.39 is 0 Å². The number of nitrogens with zero attached hydrogens (tertiary/aromatic N) is 3. The third kappa shape index (κ3) is 5.10. The predicted molar refractivity (Wildman–Crippen MR) is 69.2 cm³/mol. The van der Waals surface area contributed by atoms with Gasteiger partial charge in [0.1, 0.15) is 0 Å². The van der Waals surface area contributed by atoms with Crippen LogP contribution in [0.25, 0.3) is 0 Å². The molecule has 0 amide bonds. The summed E-state index contributed by atoms with van der Waals surface area (Å²) in [5.74, 6) is 0.785. The van der Waals surface area contributed by atoms with Gasteiger partial charge in [-0.3, -0.25) is 0 Å². The molecule has 0 fully saturated rings. The molecule has 0 aliphatic carbocycles. The number of aromatic nitrogens is 2. The lowest BCUT2D eigenvalue weighted by molar-refractivity contribution is 0.199. The third-order valence-electron chi connectivity index (χ3n) is 2.40. The standard InChI is InChI=1S/C12H22N4O/c1-4-6-16(2)12-14-9-11(10-15-12)8-13-5-7-17-3/h9-10,13H,4-8H2,1-3H3. The number of methoxy groups -OCH3 is 1. The molecule has 0 aromatic carbocycles. The van der Waals surface area contributed by atoms with Crippen LogP contribution in [-0.2, 0) is 11.3 Å². The number of rotatable bonds is 8. The van der Waals surface area contributed by atoms with Crippen LogP contribution in [0.1, 0.15) is 18.9 Å². The lowest BCUT2D eigenvalue weighted by Gasteiger charge is -2.15. The van der Waals surface area contributed by atoms with Gasteiger partial charge in [-0.05, 0) is 6.42 Å². The van der Waals surface area contributed by atoms with Gasteiger partial charge in [0.25, 0.3) is 0 Å². The van der Waals surface area contributed by atoms with Crippen molar-refractivity contribution in [1.29, 1.82) is 0 Å². The van der Waals surface area contributed by atoms with Crippen molar-refractivity contribution in [2.45, 2.75) is 19.9 Å². The highest BCUT2D eigenvalue weighted by Crippen LogP contribution is 2.05. The van der Waals surface area contributed by atoms with Crippen LogP contribution in [0.5, 0.6) is 0 Å². The molecule has 96 valence electrons. The molecule has 1 heterocycles. The molecule has 0 saturated carbocycles. The summed E-state index contributed by atoms with van der Waals surface area (Å²) in [6.45, 7) is 5.46. The van der Waals surface area contributed by atoms with Crippen LogP contribution in [-0.4, -0.2) is 43.8 Å². The van der Waals surface area contributed by atoms with Gasteiger partial charge >= 0.3 is 0 Å². The van der Waals surface area contributed by atoms with Gasteiger partial charge in [-0.15, -0.1) is 0 Å². The molecule has 0 aliphatic heterocycles. The van der Waals surface area contributed by atoms with Gasteiger partial charge in [0, 0.05) is 51.7 Å². The maximum Gasteiger partial charge on any atom is 0.224 e. The Bertz CT molecular complexity index is 302. The van der Waals surface area contributed by atoms with E-state index >= 15 is 0 Å². The lowest BCUT2D eigenvalue weighted by Crippen LogP contribution is -2.21. The Balaban J connectivity index is 2.39. The molecule has 0 saturated heterocycles. The molecule has 0 radical (unpaired) electrons. The third-order valence-corrected chi connectivity index (χ3v) is 2.40. The summed E-state index contributed by atoms with van der Waals surface area (Å²) in [4.78, 5) is 10.7. The molecular weight excluding hydrogens is 216 g/mol. The van der Waals surface area contributed by atoms with Gasteiger partial charge in [0.15, 0.2) is 0 Å². The molecule has 5 heteroatoms. The van der Waals surface area contributed by atoms with Gasteiger partial charge in [-0.25, -0.2) is 9.97 Å². The van der Waals surface area contributed by atoms with Gasteiger partial charge in [-0.1, -0.05) is 6.92 Å². The van der Waals surface area contributed by atoms with E-state index in [1.54, 1.807) is 7.11 Å². The fourth-order valence-corrected chi connectivity index (χ4v) is 1.48. The summed E-state index contributed by atoms with van der Waals surface area (Å²) in [5, 5.41) is 3.26. The second-order valence-corrected chi connectivity index (χ2v) is 3.98. The first-order valence-corrected chi connectivity index (χ1v) is 5.99. The van der Waals surface area contributed by atoms with Crippen molar-refractivity contribution in [2.24, 2.45) is 0 Å². The Morgan fingerprint density at radius 3 is 2.65 bits per heavy atom. The van der Waals surface area contributed by atoms with Gasteiger partial charge in [0.05, 0.1) is 6.61 Å². The van der Waals surface area contributed by atoms with Crippen molar-refractivity contribution in [3.8, 4) is 0 Å². The normalized spacial score (nSPS) is 10.5. The summed E-state index contributed by atoms with van der Waals surface area (Å²) in [6.07, 6.45) is 4.84. The smallest absolute Gasteiger partial charge is 0.224 e. The topological polar surface area (TPSA) is 50.3 Å². The molecule has 1 rings (SSSR count). The van der Waals surface area contributed by atoms with Crippen LogP contribution in [0.15, 0.2) is 12.4 Å². The van der Waals surface area contributed by atoms with E-state index in [9.17, 15) is 0 Å². The van der Waals surface area contributed by atoms with Crippen molar-refractivity contribution < 1.29 is 4.74 Å². The number of anilines is 1. The molecule has 0 bridgehead atoms. The molecule has 17 heavy (non-hydrogen) atoms. The second-order valence-electron chi connectivity index (χ2n) is 3.98. The number of ether oxygens (including phenoxy) is 1. The second kappa shape index (κ2) is 7.97. The Hall–Kier alpha value is -1.20. The fraction of sp³-hybridized carbons (Fsp3) is 0.667. The first-order valence-electron chi connectivity index (χ1n) is 5.99. The van der Waals surface area contributed by atoms with E-state index in [1.165, 1.54) is 0 Å². The Morgan fingerprint density at radius 1 is 1.35 bits per heavy atom. The maximum absolute atomic E-state index is 4.96. The van der Waals surface area contributed by atoms with Crippen LogP contribution in [0, 0.1) is 0 Å². The zero-order valence-corrected chi connectivity index (χ0v) is 10.9. The fourth-order valence-electron chi connectivity index (χ4n) is 1.48. The number of hydrogen-bond donors (Lipinski definition) is 1. The molecule has 1 aromatic rings. The van der Waals surface area contributed by atoms with Gasteiger partial charge < -0.3 is 15.0 Å². The number of nitrogens with one attached hydrogen (secondary N) is 1. The average Bonchev–Trinajstić information content (AvgIpc) is 2.36. The largest absolute Gasteiger partial charge is 0.383 e. The molecule has 0 spiro atoms. The monoisotopic (exact) mass is 238 g/mol. The minimum absolute atomic E-state index is 0.720. The van der Waals surface area contributed by atoms with E-state index in [0.717, 1.165) is 44.2 Å². The summed E-state index contributed by atoms with van der Waals surface area (Å²) < 4.78 is 4.96. The van der Waals surface area contributed by atoms with Crippen LogP contribution in [0.4, 0.5) is 5.95 Å². The van der Waals surface area contributed by atoms with Crippen LogP contribution < -0.4 is 10.2 Å². The Morgan fingerprint density at radius 2 is 2.06 bits per heavy atom. The number of hydrogen-bond acceptors (Lipinski definition) is 5. The van der Waals surface area contributed by atoms with E-state index in [-0.39, 0.29) is 0 Å². The highest BCUT2D eigenvalue weighted by molar-refractivity contribution is 5.27. The van der Waals surface area contributed by atoms with E-state index in [4.69, 9.17) is 4.74 Å². The molecule has 5 nitrogen and oxygen atoms in total. The van der Waals surface area contributed by atoms with E-state index in [1.807, 2.05) is 19.4 Å². The molecule has 1 aromatic heterocycles.